The molecule has 5 N–H and O–H groups in total. The predicted molar refractivity (Wildman–Crippen MR) is 47.6 cm³/mol. The molecular formula is C7H18O8Zn. The van der Waals surface area contributed by atoms with E-state index in [0.717, 1.165) is 13.8 Å². The Kier molecular flexibility index (Phi) is 82.8. The summed E-state index contributed by atoms with van der Waals surface area (Å²) in [6.45, 7) is 2.51. The second-order valence-electron chi connectivity index (χ2n) is 1.70. The number of aliphatic hydroxyl groups is 1. The molecule has 0 fully saturated rings. The van der Waals surface area contributed by atoms with Gasteiger partial charge in [0.05, 0.1) is 13.2 Å². The minimum atomic E-state index is -1.08. The van der Waals surface area contributed by atoms with Gasteiger partial charge in [-0.3, -0.25) is 0 Å². The number of carbonyl (C=O) groups is 2. The molecule has 8 nitrogen and oxygen atoms in total. The smallest absolute Gasteiger partial charge is 0.550 e. The van der Waals surface area contributed by atoms with Crippen molar-refractivity contribution in [2.75, 3.05) is 20.3 Å². The first-order valence-corrected chi connectivity index (χ1v) is 3.33. The van der Waals surface area contributed by atoms with E-state index in [2.05, 4.69) is 4.74 Å². The first kappa shape index (κ1) is 36.1. The fourth-order valence-electron chi connectivity index (χ4n) is 0.0913. The summed E-state index contributed by atoms with van der Waals surface area (Å²) >= 11 is 0. The van der Waals surface area contributed by atoms with Crippen LogP contribution in [0.5, 0.6) is 0 Å². The van der Waals surface area contributed by atoms with Crippen LogP contribution in [-0.4, -0.2) is 48.3 Å². The second-order valence-corrected chi connectivity index (χ2v) is 1.70. The topological polar surface area (TPSA) is 173 Å². The van der Waals surface area contributed by atoms with Gasteiger partial charge in [0, 0.05) is 19.0 Å². The van der Waals surface area contributed by atoms with Gasteiger partial charge in [-0.05, 0) is 13.8 Å². The van der Waals surface area contributed by atoms with Crippen molar-refractivity contribution in [1.29, 1.82) is 0 Å². The predicted octanol–water partition coefficient (Wildman–Crippen LogP) is -4.51. The number of aliphatic hydroxyl groups excluding tert-OH is 1. The van der Waals surface area contributed by atoms with E-state index in [1.807, 2.05) is 0 Å². The third-order valence-corrected chi connectivity index (χ3v) is 0.295. The summed E-state index contributed by atoms with van der Waals surface area (Å²) in [4.78, 5) is 17.8. The van der Waals surface area contributed by atoms with Gasteiger partial charge in [-0.2, -0.15) is 0 Å². The summed E-state index contributed by atoms with van der Waals surface area (Å²) in [5, 5.41) is 25.7. The Morgan fingerprint density at radius 2 is 1.31 bits per heavy atom. The van der Waals surface area contributed by atoms with Crippen LogP contribution in [0.15, 0.2) is 0 Å². The number of hydrogen-bond acceptors (Lipinski definition) is 6. The Bertz CT molecular complexity index is 108. The molecule has 0 saturated heterocycles. The normalized spacial score (nSPS) is 5.75. The standard InChI is InChI=1S/C3H8O2.2C2H4O2.2H2O.Zn/c1-5-3-2-4;2*1-2(3)4;;;/h4H,2-3H2,1H3;2*1H3,(H,3,4);2*1H2;/q;;;;;+2/p-2. The van der Waals surface area contributed by atoms with Crippen LogP contribution in [-0.2, 0) is 33.8 Å². The van der Waals surface area contributed by atoms with Gasteiger partial charge in [0.15, 0.2) is 0 Å². The van der Waals surface area contributed by atoms with Crippen LogP contribution in [0.3, 0.4) is 0 Å². The van der Waals surface area contributed by atoms with Crippen LogP contribution in [0.2, 0.25) is 0 Å². The van der Waals surface area contributed by atoms with E-state index in [0.29, 0.717) is 6.61 Å². The van der Waals surface area contributed by atoms with Crippen molar-refractivity contribution in [2.45, 2.75) is 13.8 Å². The fourth-order valence-corrected chi connectivity index (χ4v) is 0.0913. The summed E-state index contributed by atoms with van der Waals surface area (Å²) in [5.41, 5.74) is 0. The largest absolute Gasteiger partial charge is 2.00 e. The molecule has 0 bridgehead atoms. The number of hydrogen-bond donors (Lipinski definition) is 1. The molecule has 0 aromatic rings. The molecule has 0 amide bonds. The third-order valence-electron chi connectivity index (χ3n) is 0.295. The van der Waals surface area contributed by atoms with E-state index >= 15 is 0 Å². The van der Waals surface area contributed by atoms with Gasteiger partial charge in [0.25, 0.3) is 0 Å². The summed E-state index contributed by atoms with van der Waals surface area (Å²) in [5.74, 6) is -2.17. The zero-order chi connectivity index (χ0) is 11.3. The van der Waals surface area contributed by atoms with Crippen molar-refractivity contribution in [3.05, 3.63) is 0 Å². The maximum Gasteiger partial charge on any atom is 2.00 e. The monoisotopic (exact) mass is 294 g/mol. The summed E-state index contributed by atoms with van der Waals surface area (Å²) < 4.78 is 4.44. The molecule has 0 aliphatic carbocycles. The Labute approximate surface area is 107 Å². The van der Waals surface area contributed by atoms with Gasteiger partial charge in [0.2, 0.25) is 0 Å². The number of rotatable bonds is 2. The molecule has 0 aromatic heterocycles. The number of methoxy groups -OCH3 is 1. The SMILES string of the molecule is CC(=O)[O-].CC(=O)[O-].COCCO.O.O.[Zn+2]. The van der Waals surface area contributed by atoms with Crippen LogP contribution in [0.1, 0.15) is 13.8 Å². The number of ether oxygens (including phenoxy) is 1. The first-order valence-electron chi connectivity index (χ1n) is 3.33. The Morgan fingerprint density at radius 1 is 1.12 bits per heavy atom. The molecule has 0 aliphatic heterocycles. The van der Waals surface area contributed by atoms with Gasteiger partial charge in [-0.25, -0.2) is 0 Å². The van der Waals surface area contributed by atoms with Crippen molar-refractivity contribution in [2.24, 2.45) is 0 Å². The van der Waals surface area contributed by atoms with Gasteiger partial charge in [-0.15, -0.1) is 0 Å². The molecular weight excluding hydrogens is 277 g/mol. The average Bonchev–Trinajstić information content (AvgIpc) is 1.86. The zero-order valence-corrected chi connectivity index (χ0v) is 12.6. The molecule has 0 radical (unpaired) electrons. The Morgan fingerprint density at radius 3 is 1.31 bits per heavy atom. The van der Waals surface area contributed by atoms with Gasteiger partial charge < -0.3 is 40.6 Å². The molecule has 0 unspecified atom stereocenters. The molecule has 0 aromatic carbocycles. The molecule has 9 heteroatoms. The van der Waals surface area contributed by atoms with Crippen molar-refractivity contribution < 1.29 is 60.1 Å². The fraction of sp³-hybridized carbons (Fsp3) is 0.714. The van der Waals surface area contributed by atoms with Crippen molar-refractivity contribution >= 4 is 11.9 Å². The average molecular weight is 296 g/mol. The van der Waals surface area contributed by atoms with Crippen molar-refractivity contribution in [1.82, 2.24) is 0 Å². The van der Waals surface area contributed by atoms with Crippen LogP contribution >= 0.6 is 0 Å². The van der Waals surface area contributed by atoms with E-state index in [-0.39, 0.29) is 37.0 Å². The third kappa shape index (κ3) is 1050. The summed E-state index contributed by atoms with van der Waals surface area (Å²) in [6.07, 6.45) is 0. The number of aliphatic carboxylic acids is 2. The van der Waals surface area contributed by atoms with E-state index in [9.17, 15) is 0 Å². The maximum absolute atomic E-state index is 8.89. The Balaban J connectivity index is -0.0000000216. The molecule has 0 atom stereocenters. The van der Waals surface area contributed by atoms with Crippen LogP contribution in [0.4, 0.5) is 0 Å². The maximum atomic E-state index is 8.89. The summed E-state index contributed by atoms with van der Waals surface area (Å²) in [7, 11) is 1.55. The molecule has 0 rings (SSSR count). The number of carboxylic acids is 2. The van der Waals surface area contributed by atoms with E-state index < -0.39 is 11.9 Å². The van der Waals surface area contributed by atoms with Gasteiger partial charge in [-0.1, -0.05) is 0 Å². The first-order chi connectivity index (χ1) is 5.88. The van der Waals surface area contributed by atoms with Crippen LogP contribution in [0, 0.1) is 0 Å². The molecule has 96 valence electrons. The van der Waals surface area contributed by atoms with Crippen molar-refractivity contribution in [3.63, 3.8) is 0 Å². The molecule has 0 aliphatic rings. The van der Waals surface area contributed by atoms with Gasteiger partial charge >= 0.3 is 19.5 Å². The molecule has 16 heavy (non-hydrogen) atoms. The number of carboxylic acid groups (broad SMARTS) is 2. The molecule has 0 saturated carbocycles. The quantitative estimate of drug-likeness (QED) is 0.502. The van der Waals surface area contributed by atoms with E-state index in [1.54, 1.807) is 7.11 Å². The van der Waals surface area contributed by atoms with Crippen LogP contribution in [0.25, 0.3) is 0 Å². The van der Waals surface area contributed by atoms with E-state index in [4.69, 9.17) is 24.9 Å². The second kappa shape index (κ2) is 36.6. The van der Waals surface area contributed by atoms with Crippen molar-refractivity contribution in [3.8, 4) is 0 Å². The minimum Gasteiger partial charge on any atom is -0.550 e. The summed E-state index contributed by atoms with van der Waals surface area (Å²) in [6, 6.07) is 0. The van der Waals surface area contributed by atoms with Crippen LogP contribution < -0.4 is 10.2 Å². The van der Waals surface area contributed by atoms with Gasteiger partial charge in [0.1, 0.15) is 0 Å². The minimum absolute atomic E-state index is 0. The number of carbonyl (C=O) groups excluding carboxylic acids is 2. The van der Waals surface area contributed by atoms with E-state index in [1.165, 1.54) is 0 Å². The Hall–Kier alpha value is -0.597. The molecule has 0 spiro atoms. The zero-order valence-electron chi connectivity index (χ0n) is 9.61. The molecule has 0 heterocycles.